The Labute approximate surface area is 153 Å². The van der Waals surface area contributed by atoms with Crippen LogP contribution < -0.4 is 15.9 Å². The smallest absolute Gasteiger partial charge is 0.274 e. The maximum absolute atomic E-state index is 13.0. The van der Waals surface area contributed by atoms with Gasteiger partial charge in [-0.3, -0.25) is 18.6 Å². The molecule has 0 saturated heterocycles. The van der Waals surface area contributed by atoms with Gasteiger partial charge in [-0.25, -0.2) is 4.98 Å². The number of hydrogen-bond donors (Lipinski definition) is 0. The highest BCUT2D eigenvalue weighted by atomic mass is 16.5. The molecule has 4 rings (SSSR count). The van der Waals surface area contributed by atoms with Crippen molar-refractivity contribution in [3.8, 4) is 17.5 Å². The summed E-state index contributed by atoms with van der Waals surface area (Å²) in [5.41, 5.74) is 0.792. The van der Waals surface area contributed by atoms with Gasteiger partial charge in [0.25, 0.3) is 11.1 Å². The minimum Gasteiger partial charge on any atom is -0.495 e. The van der Waals surface area contributed by atoms with Gasteiger partial charge >= 0.3 is 0 Å². The Morgan fingerprint density at radius 1 is 1.07 bits per heavy atom. The largest absolute Gasteiger partial charge is 0.495 e. The zero-order valence-corrected chi connectivity index (χ0v) is 14.6. The number of nitriles is 1. The van der Waals surface area contributed by atoms with Crippen LogP contribution in [0, 0.1) is 18.3 Å². The first-order chi connectivity index (χ1) is 13.1. The number of rotatable bonds is 2. The van der Waals surface area contributed by atoms with E-state index in [1.807, 2.05) is 19.1 Å². The van der Waals surface area contributed by atoms with Crippen LogP contribution >= 0.6 is 0 Å². The first-order valence-electron chi connectivity index (χ1n) is 8.18. The first kappa shape index (κ1) is 16.5. The number of aryl methyl sites for hydroxylation is 1. The van der Waals surface area contributed by atoms with Crippen molar-refractivity contribution in [2.24, 2.45) is 0 Å². The molecular weight excluding hydrogens is 344 g/mol. The lowest BCUT2D eigenvalue weighted by atomic mass is 10.2. The van der Waals surface area contributed by atoms with Gasteiger partial charge in [-0.15, -0.1) is 0 Å². The topological polar surface area (TPSA) is 89.4 Å². The van der Waals surface area contributed by atoms with Gasteiger partial charge in [-0.05, 0) is 36.8 Å². The molecule has 3 aromatic heterocycles. The predicted molar refractivity (Wildman–Crippen MR) is 101 cm³/mol. The molecule has 0 aliphatic carbocycles. The van der Waals surface area contributed by atoms with Crippen molar-refractivity contribution >= 4 is 16.7 Å². The maximum Gasteiger partial charge on any atom is 0.274 e. The van der Waals surface area contributed by atoms with Gasteiger partial charge in [0.05, 0.1) is 18.2 Å². The molecule has 0 aliphatic heterocycles. The van der Waals surface area contributed by atoms with Gasteiger partial charge in [-0.2, -0.15) is 5.26 Å². The second-order valence-electron chi connectivity index (χ2n) is 6.02. The second kappa shape index (κ2) is 6.11. The Balaban J connectivity index is 2.31. The number of hydrogen-bond acceptors (Lipinski definition) is 5. The highest BCUT2D eigenvalue weighted by Crippen LogP contribution is 2.24. The van der Waals surface area contributed by atoms with Crippen LogP contribution in [0.1, 0.15) is 11.1 Å². The Morgan fingerprint density at radius 2 is 1.85 bits per heavy atom. The molecule has 7 nitrogen and oxygen atoms in total. The molecule has 3 heterocycles. The molecule has 0 aliphatic rings. The summed E-state index contributed by atoms with van der Waals surface area (Å²) in [5, 5.41) is 9.58. The van der Waals surface area contributed by atoms with Crippen molar-refractivity contribution in [2.75, 3.05) is 7.11 Å². The Kier molecular flexibility index (Phi) is 3.74. The summed E-state index contributed by atoms with van der Waals surface area (Å²) in [7, 11) is 1.49. The lowest BCUT2D eigenvalue weighted by molar-refractivity contribution is 0.413. The Hall–Kier alpha value is -3.92. The molecule has 0 atom stereocenters. The van der Waals surface area contributed by atoms with Crippen LogP contribution in [0.3, 0.4) is 0 Å². The molecule has 0 fully saturated rings. The van der Waals surface area contributed by atoms with Crippen LogP contribution in [-0.2, 0) is 0 Å². The van der Waals surface area contributed by atoms with Gasteiger partial charge in [0.1, 0.15) is 23.0 Å². The summed E-state index contributed by atoms with van der Waals surface area (Å²) >= 11 is 0. The SMILES string of the molecule is COc1ccccc1-n1c(=O)c(C#N)cc2c(=O)n3cccc(C)c3nc21. The number of fused-ring (bicyclic) bond motifs is 2. The lowest BCUT2D eigenvalue weighted by Gasteiger charge is -2.14. The zero-order valence-electron chi connectivity index (χ0n) is 14.6. The van der Waals surface area contributed by atoms with E-state index < -0.39 is 5.56 Å². The number of nitrogens with zero attached hydrogens (tertiary/aromatic N) is 4. The molecule has 0 spiro atoms. The fourth-order valence-corrected chi connectivity index (χ4v) is 3.14. The van der Waals surface area contributed by atoms with Crippen LogP contribution in [0.2, 0.25) is 0 Å². The molecule has 4 aromatic rings. The van der Waals surface area contributed by atoms with Crippen molar-refractivity contribution in [2.45, 2.75) is 6.92 Å². The van der Waals surface area contributed by atoms with E-state index in [-0.39, 0.29) is 22.2 Å². The number of methoxy groups -OCH3 is 1. The molecule has 27 heavy (non-hydrogen) atoms. The standard InChI is InChI=1S/C20H14N4O3/c1-12-6-5-9-23-17(12)22-18-14(20(23)26)10-13(11-21)19(25)24(18)15-7-3-4-8-16(15)27-2/h3-10H,1-2H3. The molecule has 0 amide bonds. The van der Waals surface area contributed by atoms with Gasteiger partial charge in [0.15, 0.2) is 5.65 Å². The average molecular weight is 358 g/mol. The van der Waals surface area contributed by atoms with Gasteiger partial charge < -0.3 is 4.74 Å². The zero-order chi connectivity index (χ0) is 19.1. The number of aromatic nitrogens is 3. The molecule has 0 bridgehead atoms. The van der Waals surface area contributed by atoms with E-state index in [0.29, 0.717) is 17.1 Å². The summed E-state index contributed by atoms with van der Waals surface area (Å²) < 4.78 is 8.04. The van der Waals surface area contributed by atoms with Crippen LogP contribution in [0.4, 0.5) is 0 Å². The van der Waals surface area contributed by atoms with Crippen molar-refractivity contribution in [1.82, 2.24) is 14.0 Å². The lowest BCUT2D eigenvalue weighted by Crippen LogP contribution is -2.26. The minimum absolute atomic E-state index is 0.139. The third-order valence-corrected chi connectivity index (χ3v) is 4.44. The Bertz CT molecular complexity index is 1380. The Morgan fingerprint density at radius 3 is 2.59 bits per heavy atom. The molecule has 132 valence electrons. The molecule has 0 unspecified atom stereocenters. The molecular formula is C20H14N4O3. The van der Waals surface area contributed by atoms with Crippen LogP contribution in [-0.4, -0.2) is 21.1 Å². The van der Waals surface area contributed by atoms with E-state index >= 15 is 0 Å². The van der Waals surface area contributed by atoms with Crippen LogP contribution in [0.5, 0.6) is 5.75 Å². The van der Waals surface area contributed by atoms with Crippen molar-refractivity contribution in [3.05, 3.63) is 80.5 Å². The fourth-order valence-electron chi connectivity index (χ4n) is 3.14. The van der Waals surface area contributed by atoms with Crippen LogP contribution in [0.15, 0.2) is 58.3 Å². The summed E-state index contributed by atoms with van der Waals surface area (Å²) in [5.74, 6) is 0.433. The van der Waals surface area contributed by atoms with Crippen molar-refractivity contribution < 1.29 is 4.74 Å². The van der Waals surface area contributed by atoms with Crippen molar-refractivity contribution in [3.63, 3.8) is 0 Å². The second-order valence-corrected chi connectivity index (χ2v) is 6.02. The summed E-state index contributed by atoms with van der Waals surface area (Å²) in [6.45, 7) is 1.84. The molecule has 0 radical (unpaired) electrons. The summed E-state index contributed by atoms with van der Waals surface area (Å²) in [4.78, 5) is 30.6. The normalized spacial score (nSPS) is 10.9. The highest BCUT2D eigenvalue weighted by molar-refractivity contribution is 5.80. The molecule has 1 aromatic carbocycles. The fraction of sp³-hybridized carbons (Fsp3) is 0.100. The molecule has 7 heteroatoms. The van der Waals surface area contributed by atoms with Gasteiger partial charge in [0.2, 0.25) is 0 Å². The first-order valence-corrected chi connectivity index (χ1v) is 8.18. The average Bonchev–Trinajstić information content (AvgIpc) is 2.69. The van der Waals surface area contributed by atoms with Crippen LogP contribution in [0.25, 0.3) is 22.4 Å². The quantitative estimate of drug-likeness (QED) is 0.513. The van der Waals surface area contributed by atoms with E-state index in [2.05, 4.69) is 4.98 Å². The summed E-state index contributed by atoms with van der Waals surface area (Å²) in [6.07, 6.45) is 1.61. The third kappa shape index (κ3) is 2.39. The maximum atomic E-state index is 13.0. The van der Waals surface area contributed by atoms with E-state index in [1.165, 1.54) is 22.1 Å². The van der Waals surface area contributed by atoms with Gasteiger partial charge in [0, 0.05) is 6.20 Å². The van der Waals surface area contributed by atoms with E-state index in [9.17, 15) is 14.9 Å². The van der Waals surface area contributed by atoms with Gasteiger partial charge in [-0.1, -0.05) is 18.2 Å². The minimum atomic E-state index is -0.556. The number of para-hydroxylation sites is 2. The molecule has 0 N–H and O–H groups in total. The third-order valence-electron chi connectivity index (χ3n) is 4.44. The number of pyridine rings is 2. The van der Waals surface area contributed by atoms with Crippen molar-refractivity contribution in [1.29, 1.82) is 5.26 Å². The number of benzene rings is 1. The van der Waals surface area contributed by atoms with E-state index in [4.69, 9.17) is 4.74 Å². The monoisotopic (exact) mass is 358 g/mol. The van der Waals surface area contributed by atoms with E-state index in [0.717, 1.165) is 5.56 Å². The summed E-state index contributed by atoms with van der Waals surface area (Å²) in [6, 6.07) is 13.7. The highest BCUT2D eigenvalue weighted by Gasteiger charge is 2.18. The number of ether oxygens (including phenoxy) is 1. The predicted octanol–water partition coefficient (Wildman–Crippen LogP) is 2.19. The molecule has 0 saturated carbocycles. The van der Waals surface area contributed by atoms with E-state index in [1.54, 1.807) is 36.5 Å².